The Kier molecular flexibility index (Phi) is 7.71. The molecule has 0 spiro atoms. The van der Waals surface area contributed by atoms with Crippen molar-refractivity contribution in [1.82, 2.24) is 9.55 Å². The lowest BCUT2D eigenvalue weighted by atomic mass is 10.2. The quantitative estimate of drug-likeness (QED) is 0.495. The summed E-state index contributed by atoms with van der Waals surface area (Å²) in [5.41, 5.74) is -4.75. The van der Waals surface area contributed by atoms with E-state index in [1.165, 1.54) is 44.5 Å². The molecule has 0 radical (unpaired) electrons. The van der Waals surface area contributed by atoms with Crippen LogP contribution < -0.4 is 11.2 Å². The number of unbranched alkanes of at least 4 members (excludes halogenated alkanes) is 1. The molecule has 0 aliphatic carbocycles. The van der Waals surface area contributed by atoms with Crippen LogP contribution in [0.15, 0.2) is 21.9 Å². The highest BCUT2D eigenvalue weighted by Gasteiger charge is 2.53. The Morgan fingerprint density at radius 1 is 1.16 bits per heavy atom. The van der Waals surface area contributed by atoms with Gasteiger partial charge in [0.2, 0.25) is 0 Å². The predicted octanol–water partition coefficient (Wildman–Crippen LogP) is 3.34. The fourth-order valence-electron chi connectivity index (χ4n) is 2.11. The van der Waals surface area contributed by atoms with Gasteiger partial charge in [0.25, 0.3) is 5.56 Å². The molecule has 0 atom stereocenters. The summed E-state index contributed by atoms with van der Waals surface area (Å²) in [4.78, 5) is 24.6. The van der Waals surface area contributed by atoms with E-state index in [1.807, 2.05) is 0 Å². The van der Waals surface area contributed by atoms with Gasteiger partial charge in [0, 0.05) is 25.2 Å². The van der Waals surface area contributed by atoms with Gasteiger partial charge in [0.05, 0.1) is 12.2 Å². The zero-order valence-corrected chi connectivity index (χ0v) is 15.7. The number of nitrogens with one attached hydrogen (secondary N) is 1. The van der Waals surface area contributed by atoms with Gasteiger partial charge < -0.3 is 13.6 Å². The third kappa shape index (κ3) is 6.49. The van der Waals surface area contributed by atoms with Crippen LogP contribution in [0.2, 0.25) is 0 Å². The summed E-state index contributed by atoms with van der Waals surface area (Å²) >= 11 is 0. The zero-order valence-electron chi connectivity index (χ0n) is 14.8. The maximum absolute atomic E-state index is 14.4. The summed E-state index contributed by atoms with van der Waals surface area (Å²) in [7, 11) is -4.61. The molecule has 0 unspecified atom stereocenters. The number of H-pyrrole nitrogens is 1. The van der Waals surface area contributed by atoms with Crippen molar-refractivity contribution < 1.29 is 22.4 Å². The van der Waals surface area contributed by atoms with Gasteiger partial charge in [-0.05, 0) is 40.5 Å². The molecular formula is C15H25F2N2O5P. The summed E-state index contributed by atoms with van der Waals surface area (Å²) in [5, 5.41) is 0. The van der Waals surface area contributed by atoms with Gasteiger partial charge in [0.1, 0.15) is 0 Å². The van der Waals surface area contributed by atoms with Crippen LogP contribution in [0.4, 0.5) is 8.78 Å². The second kappa shape index (κ2) is 8.87. The minimum Gasteiger partial charge on any atom is -0.302 e. The molecule has 0 aromatic carbocycles. The molecule has 7 nitrogen and oxygen atoms in total. The molecule has 0 aliphatic heterocycles. The number of aromatic amines is 1. The van der Waals surface area contributed by atoms with Crippen LogP contribution in [0.5, 0.6) is 0 Å². The largest absolute Gasteiger partial charge is 0.400 e. The lowest BCUT2D eigenvalue weighted by molar-refractivity contribution is 0.0122. The zero-order chi connectivity index (χ0) is 19.3. The lowest BCUT2D eigenvalue weighted by Crippen LogP contribution is -2.28. The fourth-order valence-corrected chi connectivity index (χ4v) is 4.01. The summed E-state index contributed by atoms with van der Waals surface area (Å²) in [6.07, 6.45) is -0.489. The van der Waals surface area contributed by atoms with E-state index in [-0.39, 0.29) is 19.4 Å². The van der Waals surface area contributed by atoms with E-state index in [9.17, 15) is 22.9 Å². The molecule has 0 amide bonds. The van der Waals surface area contributed by atoms with Gasteiger partial charge in [-0.3, -0.25) is 14.3 Å². The van der Waals surface area contributed by atoms with Gasteiger partial charge in [0.15, 0.2) is 0 Å². The molecule has 1 N–H and O–H groups in total. The third-order valence-corrected chi connectivity index (χ3v) is 5.55. The van der Waals surface area contributed by atoms with Crippen molar-refractivity contribution in [2.24, 2.45) is 0 Å². The number of hydrogen-bond donors (Lipinski definition) is 1. The van der Waals surface area contributed by atoms with Crippen LogP contribution >= 0.6 is 7.60 Å². The van der Waals surface area contributed by atoms with Gasteiger partial charge in [-0.2, -0.15) is 8.78 Å². The molecular weight excluding hydrogens is 357 g/mol. The van der Waals surface area contributed by atoms with Crippen molar-refractivity contribution in [2.75, 3.05) is 0 Å². The van der Waals surface area contributed by atoms with E-state index in [2.05, 4.69) is 4.98 Å². The third-order valence-electron chi connectivity index (χ3n) is 3.12. The van der Waals surface area contributed by atoms with E-state index >= 15 is 0 Å². The molecule has 0 saturated carbocycles. The highest BCUT2D eigenvalue weighted by Crippen LogP contribution is 2.65. The molecule has 1 rings (SSSR count). The second-order valence-electron chi connectivity index (χ2n) is 6.23. The Labute approximate surface area is 144 Å². The number of halogens is 2. The first-order valence-electron chi connectivity index (χ1n) is 8.11. The summed E-state index contributed by atoms with van der Waals surface area (Å²) in [6.45, 7) is 6.19. The maximum Gasteiger partial charge on any atom is 0.400 e. The van der Waals surface area contributed by atoms with Crippen molar-refractivity contribution in [3.8, 4) is 0 Å². The van der Waals surface area contributed by atoms with E-state index < -0.39 is 43.1 Å². The van der Waals surface area contributed by atoms with E-state index in [4.69, 9.17) is 9.05 Å². The van der Waals surface area contributed by atoms with Crippen LogP contribution in [0.3, 0.4) is 0 Å². The molecule has 10 heteroatoms. The van der Waals surface area contributed by atoms with Crippen LogP contribution in [0.25, 0.3) is 0 Å². The maximum atomic E-state index is 14.4. The molecule has 144 valence electrons. The molecule has 0 saturated heterocycles. The first-order chi connectivity index (χ1) is 11.5. The Morgan fingerprint density at radius 2 is 1.72 bits per heavy atom. The Balaban J connectivity index is 2.69. The molecule has 0 fully saturated rings. The summed E-state index contributed by atoms with van der Waals surface area (Å²) in [5.74, 6) is 0. The second-order valence-corrected chi connectivity index (χ2v) is 8.30. The van der Waals surface area contributed by atoms with Crippen LogP contribution in [0.1, 0.15) is 47.0 Å². The van der Waals surface area contributed by atoms with E-state index in [1.54, 1.807) is 0 Å². The number of nitrogens with zero attached hydrogens (tertiary/aromatic N) is 1. The summed E-state index contributed by atoms with van der Waals surface area (Å²) in [6, 6.07) is 1.18. The van der Waals surface area contributed by atoms with Gasteiger partial charge in [-0.15, -0.1) is 0 Å². The molecule has 0 bridgehead atoms. The van der Waals surface area contributed by atoms with Gasteiger partial charge in [-0.25, -0.2) is 4.79 Å². The predicted molar refractivity (Wildman–Crippen MR) is 90.2 cm³/mol. The minimum atomic E-state index is -4.61. The Morgan fingerprint density at radius 3 is 2.20 bits per heavy atom. The fraction of sp³-hybridized carbons (Fsp3) is 0.733. The minimum absolute atomic E-state index is 0.00542. The summed E-state index contributed by atoms with van der Waals surface area (Å²) < 4.78 is 52.5. The van der Waals surface area contributed by atoms with Crippen molar-refractivity contribution in [1.29, 1.82) is 0 Å². The smallest absolute Gasteiger partial charge is 0.302 e. The Hall–Kier alpha value is -1.31. The van der Waals surface area contributed by atoms with Crippen LogP contribution in [-0.2, 0) is 20.2 Å². The van der Waals surface area contributed by atoms with Crippen molar-refractivity contribution >= 4 is 7.60 Å². The number of aryl methyl sites for hydroxylation is 1. The van der Waals surface area contributed by atoms with E-state index in [0.29, 0.717) is 0 Å². The average molecular weight is 382 g/mol. The first kappa shape index (κ1) is 21.7. The highest BCUT2D eigenvalue weighted by molar-refractivity contribution is 7.55. The van der Waals surface area contributed by atoms with Gasteiger partial charge in [-0.1, -0.05) is 0 Å². The van der Waals surface area contributed by atoms with Crippen LogP contribution in [-0.4, -0.2) is 27.4 Å². The molecule has 0 aliphatic rings. The number of alkyl halides is 2. The normalized spacial score (nSPS) is 13.0. The number of aromatic nitrogens is 2. The van der Waals surface area contributed by atoms with Gasteiger partial charge >= 0.3 is 18.9 Å². The number of rotatable bonds is 10. The molecule has 1 aromatic rings. The van der Waals surface area contributed by atoms with Crippen molar-refractivity contribution in [2.45, 2.75) is 71.4 Å². The SMILES string of the molecule is CC(C)OP(=O)(OC(C)C)C(F)(F)CCCCn1ccc(=O)[nH]c1=O. The Bertz CT molecular complexity index is 700. The molecule has 25 heavy (non-hydrogen) atoms. The monoisotopic (exact) mass is 382 g/mol. The van der Waals surface area contributed by atoms with Crippen molar-refractivity contribution in [3.63, 3.8) is 0 Å². The standard InChI is InChI=1S/C15H25F2N2O5P/c1-11(2)23-25(22,24-12(3)4)15(16,17)8-5-6-9-19-10-7-13(20)18-14(19)21/h7,10-12H,5-6,8-9H2,1-4H3,(H,18,20,21). The van der Waals surface area contributed by atoms with Crippen LogP contribution in [0, 0.1) is 0 Å². The lowest BCUT2D eigenvalue weighted by Gasteiger charge is -2.29. The highest BCUT2D eigenvalue weighted by atomic mass is 31.2. The van der Waals surface area contributed by atoms with Crippen molar-refractivity contribution in [3.05, 3.63) is 33.1 Å². The average Bonchev–Trinajstić information content (AvgIpc) is 2.43. The molecule has 1 aromatic heterocycles. The molecule has 1 heterocycles. The first-order valence-corrected chi connectivity index (χ1v) is 9.65. The number of hydrogen-bond acceptors (Lipinski definition) is 5. The topological polar surface area (TPSA) is 90.4 Å². The van der Waals surface area contributed by atoms with E-state index in [0.717, 1.165) is 0 Å².